The third-order valence-corrected chi connectivity index (χ3v) is 4.79. The predicted octanol–water partition coefficient (Wildman–Crippen LogP) is 4.32. The Kier molecular flexibility index (Phi) is 3.45. The first-order chi connectivity index (χ1) is 9.93. The summed E-state index contributed by atoms with van der Waals surface area (Å²) in [6, 6.07) is 8.99. The topological polar surface area (TPSA) is 30.9 Å². The van der Waals surface area contributed by atoms with Crippen molar-refractivity contribution in [3.63, 3.8) is 0 Å². The van der Waals surface area contributed by atoms with Crippen LogP contribution in [0.4, 0.5) is 0 Å². The molecule has 0 saturated heterocycles. The Hall–Kier alpha value is -1.54. The van der Waals surface area contributed by atoms with Gasteiger partial charge in [0.05, 0.1) is 5.69 Å². The quantitative estimate of drug-likeness (QED) is 0.873. The molecule has 1 aliphatic carbocycles. The van der Waals surface area contributed by atoms with Crippen molar-refractivity contribution in [1.82, 2.24) is 4.57 Å². The predicted molar refractivity (Wildman–Crippen MR) is 88.9 cm³/mol. The van der Waals surface area contributed by atoms with Gasteiger partial charge in [-0.25, -0.2) is 0 Å². The van der Waals surface area contributed by atoms with Gasteiger partial charge in [-0.2, -0.15) is 0 Å². The van der Waals surface area contributed by atoms with Gasteiger partial charge in [0.2, 0.25) is 0 Å². The van der Waals surface area contributed by atoms with Gasteiger partial charge < -0.3 is 10.3 Å². The van der Waals surface area contributed by atoms with Crippen molar-refractivity contribution in [2.24, 2.45) is 11.1 Å². The van der Waals surface area contributed by atoms with Crippen LogP contribution >= 0.6 is 0 Å². The Morgan fingerprint density at radius 2 is 2.05 bits per heavy atom. The molecule has 3 rings (SSSR count). The molecule has 1 heterocycles. The molecule has 0 amide bonds. The zero-order valence-corrected chi connectivity index (χ0v) is 13.6. The van der Waals surface area contributed by atoms with Gasteiger partial charge >= 0.3 is 0 Å². The van der Waals surface area contributed by atoms with Crippen LogP contribution in [-0.2, 0) is 12.8 Å². The Labute approximate surface area is 128 Å². The van der Waals surface area contributed by atoms with Gasteiger partial charge in [-0.1, -0.05) is 39.0 Å². The van der Waals surface area contributed by atoms with Crippen LogP contribution in [0, 0.1) is 12.3 Å². The van der Waals surface area contributed by atoms with Crippen molar-refractivity contribution >= 4 is 0 Å². The first-order valence-electron chi connectivity index (χ1n) is 7.97. The molecule has 112 valence electrons. The Bertz CT molecular complexity index is 664. The highest BCUT2D eigenvalue weighted by atomic mass is 15.0. The lowest BCUT2D eigenvalue weighted by molar-refractivity contribution is 0.278. The molecular formula is C19H26N2. The van der Waals surface area contributed by atoms with Crippen LogP contribution in [0.2, 0.25) is 0 Å². The minimum absolute atomic E-state index is 0.166. The van der Waals surface area contributed by atoms with E-state index in [2.05, 4.69) is 62.7 Å². The van der Waals surface area contributed by atoms with Gasteiger partial charge in [-0.05, 0) is 54.4 Å². The minimum Gasteiger partial charge on any atom is -0.324 e. The van der Waals surface area contributed by atoms with E-state index in [0.29, 0.717) is 0 Å². The number of benzene rings is 1. The lowest BCUT2D eigenvalue weighted by Crippen LogP contribution is -2.30. The van der Waals surface area contributed by atoms with E-state index in [4.69, 9.17) is 5.73 Å². The van der Waals surface area contributed by atoms with Crippen LogP contribution in [0.3, 0.4) is 0 Å². The number of fused-ring (bicyclic) bond motifs is 1. The molecule has 0 saturated carbocycles. The number of nitrogens with two attached hydrogens (primary N) is 1. The number of rotatable bonds is 2. The molecule has 21 heavy (non-hydrogen) atoms. The van der Waals surface area contributed by atoms with Crippen molar-refractivity contribution < 1.29 is 0 Å². The standard InChI is InChI=1S/C19H26N2/c1-5-14-8-6-7-13(2)18(14)21-10-9-15-16(20)11-19(3,4)12-17(15)21/h6-10,16H,5,11-12,20H2,1-4H3. The molecule has 0 spiro atoms. The van der Waals surface area contributed by atoms with Gasteiger partial charge in [0.25, 0.3) is 0 Å². The summed E-state index contributed by atoms with van der Waals surface area (Å²) >= 11 is 0. The summed E-state index contributed by atoms with van der Waals surface area (Å²) in [6.07, 6.45) is 5.44. The van der Waals surface area contributed by atoms with E-state index in [1.54, 1.807) is 0 Å². The maximum absolute atomic E-state index is 6.41. The molecule has 1 unspecified atom stereocenters. The van der Waals surface area contributed by atoms with Gasteiger partial charge in [-0.3, -0.25) is 0 Å². The molecule has 1 aromatic heterocycles. The fourth-order valence-corrected chi connectivity index (χ4v) is 3.79. The first-order valence-corrected chi connectivity index (χ1v) is 7.97. The second kappa shape index (κ2) is 5.03. The highest BCUT2D eigenvalue weighted by Gasteiger charge is 2.32. The summed E-state index contributed by atoms with van der Waals surface area (Å²) in [6.45, 7) is 9.08. The lowest BCUT2D eigenvalue weighted by atomic mass is 9.74. The summed E-state index contributed by atoms with van der Waals surface area (Å²) < 4.78 is 2.39. The van der Waals surface area contributed by atoms with Crippen LogP contribution in [0.15, 0.2) is 30.5 Å². The molecule has 1 atom stereocenters. The molecular weight excluding hydrogens is 256 g/mol. The molecule has 0 fully saturated rings. The SMILES string of the molecule is CCc1cccc(C)c1-n1ccc2c1CC(C)(C)CC2N. The van der Waals surface area contributed by atoms with E-state index in [1.165, 1.54) is 28.1 Å². The average molecular weight is 282 g/mol. The van der Waals surface area contributed by atoms with Crippen LogP contribution in [0.5, 0.6) is 0 Å². The van der Waals surface area contributed by atoms with Crippen molar-refractivity contribution in [2.45, 2.75) is 53.0 Å². The number of aromatic nitrogens is 1. The van der Waals surface area contributed by atoms with E-state index in [0.717, 1.165) is 19.3 Å². The summed E-state index contributed by atoms with van der Waals surface area (Å²) in [5.74, 6) is 0. The second-order valence-corrected chi connectivity index (χ2v) is 7.18. The Balaban J connectivity index is 2.19. The van der Waals surface area contributed by atoms with Crippen LogP contribution in [0.25, 0.3) is 5.69 Å². The normalized spacial score (nSPS) is 20.3. The van der Waals surface area contributed by atoms with Gasteiger partial charge in [0.15, 0.2) is 0 Å². The number of nitrogens with zero attached hydrogens (tertiary/aromatic N) is 1. The average Bonchev–Trinajstić information content (AvgIpc) is 2.80. The third kappa shape index (κ3) is 2.42. The summed E-state index contributed by atoms with van der Waals surface area (Å²) in [5.41, 5.74) is 13.5. The van der Waals surface area contributed by atoms with Crippen LogP contribution in [-0.4, -0.2) is 4.57 Å². The molecule has 2 heteroatoms. The zero-order valence-electron chi connectivity index (χ0n) is 13.6. The molecule has 1 aromatic carbocycles. The molecule has 0 radical (unpaired) electrons. The fourth-order valence-electron chi connectivity index (χ4n) is 3.79. The van der Waals surface area contributed by atoms with E-state index in [-0.39, 0.29) is 11.5 Å². The van der Waals surface area contributed by atoms with E-state index >= 15 is 0 Å². The Morgan fingerprint density at radius 3 is 2.76 bits per heavy atom. The molecule has 0 aliphatic heterocycles. The van der Waals surface area contributed by atoms with E-state index < -0.39 is 0 Å². The minimum atomic E-state index is 0.166. The summed E-state index contributed by atoms with van der Waals surface area (Å²) in [4.78, 5) is 0. The lowest BCUT2D eigenvalue weighted by Gasteiger charge is -2.35. The molecule has 2 N–H and O–H groups in total. The first kappa shape index (κ1) is 14.4. The van der Waals surface area contributed by atoms with Crippen molar-refractivity contribution in [1.29, 1.82) is 0 Å². The largest absolute Gasteiger partial charge is 0.324 e. The highest BCUT2D eigenvalue weighted by Crippen LogP contribution is 2.41. The van der Waals surface area contributed by atoms with Crippen molar-refractivity contribution in [3.05, 3.63) is 52.8 Å². The molecule has 2 nitrogen and oxygen atoms in total. The number of hydrogen-bond donors (Lipinski definition) is 1. The van der Waals surface area contributed by atoms with E-state index in [9.17, 15) is 0 Å². The summed E-state index contributed by atoms with van der Waals surface area (Å²) in [5, 5.41) is 0. The van der Waals surface area contributed by atoms with Gasteiger partial charge in [-0.15, -0.1) is 0 Å². The maximum Gasteiger partial charge on any atom is 0.0513 e. The third-order valence-electron chi connectivity index (χ3n) is 4.79. The molecule has 2 aromatic rings. The van der Waals surface area contributed by atoms with Crippen molar-refractivity contribution in [2.75, 3.05) is 0 Å². The second-order valence-electron chi connectivity index (χ2n) is 7.18. The smallest absolute Gasteiger partial charge is 0.0513 e. The zero-order chi connectivity index (χ0) is 15.2. The maximum atomic E-state index is 6.41. The van der Waals surface area contributed by atoms with Crippen LogP contribution in [0.1, 0.15) is 55.6 Å². The number of aryl methyl sites for hydroxylation is 2. The monoisotopic (exact) mass is 282 g/mol. The van der Waals surface area contributed by atoms with Gasteiger partial charge in [0, 0.05) is 17.9 Å². The number of para-hydroxylation sites is 1. The fraction of sp³-hybridized carbons (Fsp3) is 0.474. The van der Waals surface area contributed by atoms with E-state index in [1.807, 2.05) is 0 Å². The Morgan fingerprint density at radius 1 is 1.29 bits per heavy atom. The number of hydrogen-bond acceptors (Lipinski definition) is 1. The van der Waals surface area contributed by atoms with Crippen LogP contribution < -0.4 is 5.73 Å². The molecule has 1 aliphatic rings. The van der Waals surface area contributed by atoms with Gasteiger partial charge in [0.1, 0.15) is 0 Å². The summed E-state index contributed by atoms with van der Waals surface area (Å²) in [7, 11) is 0. The highest BCUT2D eigenvalue weighted by molar-refractivity contribution is 5.51. The van der Waals surface area contributed by atoms with Crippen molar-refractivity contribution in [3.8, 4) is 5.69 Å². The molecule has 0 bridgehead atoms.